The molecule has 1 aromatic rings. The van der Waals surface area contributed by atoms with E-state index in [0.29, 0.717) is 6.61 Å². The molecule has 1 atom stereocenters. The number of carboxylic acid groups (broad SMARTS) is 1. The van der Waals surface area contributed by atoms with Crippen molar-refractivity contribution in [2.45, 2.75) is 25.3 Å². The molecule has 0 aliphatic carbocycles. The number of carboxylic acids is 1. The van der Waals surface area contributed by atoms with Crippen LogP contribution in [-0.2, 0) is 9.59 Å². The lowest BCUT2D eigenvalue weighted by molar-refractivity contribution is -0.137. The lowest BCUT2D eigenvalue weighted by atomic mass is 10.1. The van der Waals surface area contributed by atoms with Gasteiger partial charge in [0.15, 0.2) is 0 Å². The number of ether oxygens (including phenoxy) is 1. The van der Waals surface area contributed by atoms with Gasteiger partial charge in [0.25, 0.3) is 0 Å². The third-order valence-electron chi connectivity index (χ3n) is 3.05. The van der Waals surface area contributed by atoms with Gasteiger partial charge in [0.2, 0.25) is 5.91 Å². The van der Waals surface area contributed by atoms with Crippen molar-refractivity contribution in [3.63, 3.8) is 0 Å². The van der Waals surface area contributed by atoms with Crippen molar-refractivity contribution in [2.24, 2.45) is 0 Å². The molecule has 0 spiro atoms. The highest BCUT2D eigenvalue weighted by Crippen LogP contribution is 2.31. The fraction of sp³-hybridized carbons (Fsp3) is 0.357. The number of amides is 3. The van der Waals surface area contributed by atoms with Crippen molar-refractivity contribution in [1.82, 2.24) is 10.6 Å². The second kappa shape index (κ2) is 6.74. The van der Waals surface area contributed by atoms with E-state index in [2.05, 4.69) is 10.6 Å². The molecular weight excluding hydrogens is 276 g/mol. The smallest absolute Gasteiger partial charge is 0.322 e. The van der Waals surface area contributed by atoms with Crippen LogP contribution in [0.2, 0.25) is 0 Å². The lowest BCUT2D eigenvalue weighted by Crippen LogP contribution is -2.41. The number of imide groups is 1. The van der Waals surface area contributed by atoms with Crippen LogP contribution in [0.1, 0.15) is 30.9 Å². The highest BCUT2D eigenvalue weighted by atomic mass is 16.5. The Labute approximate surface area is 121 Å². The maximum atomic E-state index is 11.7. The molecule has 3 amide bonds. The number of para-hydroxylation sites is 1. The molecule has 0 saturated carbocycles. The summed E-state index contributed by atoms with van der Waals surface area (Å²) in [6.07, 6.45) is 0.0974. The van der Waals surface area contributed by atoms with Crippen LogP contribution in [0.25, 0.3) is 0 Å². The summed E-state index contributed by atoms with van der Waals surface area (Å²) in [7, 11) is 0. The van der Waals surface area contributed by atoms with Gasteiger partial charge in [0, 0.05) is 18.4 Å². The van der Waals surface area contributed by atoms with Crippen LogP contribution in [0.15, 0.2) is 24.3 Å². The summed E-state index contributed by atoms with van der Waals surface area (Å²) in [5.74, 6) is -0.747. The summed E-state index contributed by atoms with van der Waals surface area (Å²) >= 11 is 0. The van der Waals surface area contributed by atoms with Crippen molar-refractivity contribution in [2.75, 3.05) is 6.61 Å². The molecule has 1 aromatic carbocycles. The molecule has 0 aromatic heterocycles. The molecule has 7 heteroatoms. The minimum absolute atomic E-state index is 0.00251. The highest BCUT2D eigenvalue weighted by Gasteiger charge is 2.25. The fourth-order valence-electron chi connectivity index (χ4n) is 2.07. The number of urea groups is 1. The molecule has 1 unspecified atom stereocenters. The number of hydrogen-bond donors (Lipinski definition) is 3. The van der Waals surface area contributed by atoms with E-state index < -0.39 is 17.9 Å². The molecule has 7 nitrogen and oxygen atoms in total. The van der Waals surface area contributed by atoms with Gasteiger partial charge in [-0.05, 0) is 12.5 Å². The second-order valence-corrected chi connectivity index (χ2v) is 4.67. The maximum Gasteiger partial charge on any atom is 0.322 e. The van der Waals surface area contributed by atoms with Crippen LogP contribution < -0.4 is 15.4 Å². The summed E-state index contributed by atoms with van der Waals surface area (Å²) < 4.78 is 5.42. The van der Waals surface area contributed by atoms with E-state index in [9.17, 15) is 14.4 Å². The predicted octanol–water partition coefficient (Wildman–Crippen LogP) is 1.20. The summed E-state index contributed by atoms with van der Waals surface area (Å²) in [5.41, 5.74) is 0.867. The zero-order chi connectivity index (χ0) is 15.2. The van der Waals surface area contributed by atoms with Gasteiger partial charge in [-0.3, -0.25) is 14.9 Å². The summed E-state index contributed by atoms with van der Waals surface area (Å²) in [4.78, 5) is 33.5. The number of aliphatic carboxylic acids is 1. The molecule has 0 bridgehead atoms. The second-order valence-electron chi connectivity index (χ2n) is 4.67. The van der Waals surface area contributed by atoms with Crippen LogP contribution in [0, 0.1) is 0 Å². The Morgan fingerprint density at radius 3 is 2.76 bits per heavy atom. The number of nitrogens with one attached hydrogen (secondary N) is 2. The number of carbonyl (C=O) groups is 3. The quantitative estimate of drug-likeness (QED) is 0.756. The van der Waals surface area contributed by atoms with Gasteiger partial charge < -0.3 is 15.2 Å². The van der Waals surface area contributed by atoms with Crippen molar-refractivity contribution < 1.29 is 24.2 Å². The van der Waals surface area contributed by atoms with E-state index in [1.54, 1.807) is 0 Å². The largest absolute Gasteiger partial charge is 0.491 e. The van der Waals surface area contributed by atoms with Crippen LogP contribution in [-0.4, -0.2) is 29.6 Å². The third kappa shape index (κ3) is 4.20. The first-order valence-corrected chi connectivity index (χ1v) is 6.60. The monoisotopic (exact) mass is 292 g/mol. The molecule has 0 radical (unpaired) electrons. The Morgan fingerprint density at radius 2 is 2.00 bits per heavy atom. The lowest BCUT2D eigenvalue weighted by Gasteiger charge is -2.12. The standard InChI is InChI=1S/C14H16N2O5/c17-12(6-3-7-13(18)19)16-14(20)15-10-8-21-11-5-2-1-4-9(10)11/h1-2,4-5,10H,3,6-8H2,(H,18,19)(H2,15,16,17,20). The molecule has 21 heavy (non-hydrogen) atoms. The van der Waals surface area contributed by atoms with E-state index in [1.165, 1.54) is 0 Å². The normalized spacial score (nSPS) is 15.7. The molecular formula is C14H16N2O5. The minimum atomic E-state index is -0.966. The molecule has 1 aliphatic rings. The first-order chi connectivity index (χ1) is 10.1. The van der Waals surface area contributed by atoms with Crippen LogP contribution in [0.3, 0.4) is 0 Å². The van der Waals surface area contributed by atoms with Crippen molar-refractivity contribution >= 4 is 17.9 Å². The minimum Gasteiger partial charge on any atom is -0.491 e. The molecule has 0 fully saturated rings. The van der Waals surface area contributed by atoms with Crippen LogP contribution >= 0.6 is 0 Å². The van der Waals surface area contributed by atoms with E-state index in [4.69, 9.17) is 9.84 Å². The van der Waals surface area contributed by atoms with Gasteiger partial charge in [0.1, 0.15) is 12.4 Å². The summed E-state index contributed by atoms with van der Waals surface area (Å²) in [6, 6.07) is 6.44. The predicted molar refractivity (Wildman–Crippen MR) is 72.8 cm³/mol. The Kier molecular flexibility index (Phi) is 4.76. The average Bonchev–Trinajstić information content (AvgIpc) is 2.81. The van der Waals surface area contributed by atoms with Gasteiger partial charge in [-0.2, -0.15) is 0 Å². The Bertz CT molecular complexity index is 558. The van der Waals surface area contributed by atoms with E-state index in [0.717, 1.165) is 11.3 Å². The molecule has 1 heterocycles. The SMILES string of the molecule is O=C(O)CCCC(=O)NC(=O)NC1COc2ccccc21. The number of hydrogen-bond acceptors (Lipinski definition) is 4. The number of benzene rings is 1. The van der Waals surface area contributed by atoms with Crippen molar-refractivity contribution in [3.8, 4) is 5.75 Å². The average molecular weight is 292 g/mol. The Hall–Kier alpha value is -2.57. The third-order valence-corrected chi connectivity index (χ3v) is 3.05. The van der Waals surface area contributed by atoms with Crippen molar-refractivity contribution in [3.05, 3.63) is 29.8 Å². The zero-order valence-electron chi connectivity index (χ0n) is 11.3. The topological polar surface area (TPSA) is 105 Å². The van der Waals surface area contributed by atoms with Crippen LogP contribution in [0.4, 0.5) is 4.79 Å². The number of carbonyl (C=O) groups excluding carboxylic acids is 2. The molecule has 3 N–H and O–H groups in total. The summed E-state index contributed by atoms with van der Waals surface area (Å²) in [5, 5.41) is 13.3. The molecule has 0 saturated heterocycles. The van der Waals surface area contributed by atoms with E-state index in [-0.39, 0.29) is 25.3 Å². The molecule has 2 rings (SSSR count). The van der Waals surface area contributed by atoms with Gasteiger partial charge >= 0.3 is 12.0 Å². The summed E-state index contributed by atoms with van der Waals surface area (Å²) in [6.45, 7) is 0.319. The van der Waals surface area contributed by atoms with Gasteiger partial charge in [-0.25, -0.2) is 4.79 Å². The first-order valence-electron chi connectivity index (χ1n) is 6.60. The van der Waals surface area contributed by atoms with E-state index >= 15 is 0 Å². The zero-order valence-corrected chi connectivity index (χ0v) is 11.3. The Balaban J connectivity index is 1.78. The van der Waals surface area contributed by atoms with E-state index in [1.807, 2.05) is 24.3 Å². The van der Waals surface area contributed by atoms with Gasteiger partial charge in [0.05, 0.1) is 6.04 Å². The van der Waals surface area contributed by atoms with Crippen molar-refractivity contribution in [1.29, 1.82) is 0 Å². The maximum absolute atomic E-state index is 11.7. The molecule has 1 aliphatic heterocycles. The number of fused-ring (bicyclic) bond motifs is 1. The van der Waals surface area contributed by atoms with Gasteiger partial charge in [-0.15, -0.1) is 0 Å². The number of rotatable bonds is 5. The first kappa shape index (κ1) is 14.8. The fourth-order valence-corrected chi connectivity index (χ4v) is 2.07. The van der Waals surface area contributed by atoms with Crippen LogP contribution in [0.5, 0.6) is 5.75 Å². The Morgan fingerprint density at radius 1 is 1.24 bits per heavy atom. The molecule has 112 valence electrons. The highest BCUT2D eigenvalue weighted by molar-refractivity contribution is 5.94. The van der Waals surface area contributed by atoms with Gasteiger partial charge in [-0.1, -0.05) is 18.2 Å².